The van der Waals surface area contributed by atoms with Crippen molar-refractivity contribution < 1.29 is 4.79 Å². The third-order valence-electron chi connectivity index (χ3n) is 2.46. The first-order valence-corrected chi connectivity index (χ1v) is 7.45. The minimum Gasteiger partial charge on any atom is -0.352 e. The molecule has 0 bridgehead atoms. The lowest BCUT2D eigenvalue weighted by atomic mass is 10.2. The Morgan fingerprint density at radius 3 is 2.59 bits per heavy atom. The molecule has 0 heterocycles. The minimum absolute atomic E-state index is 0.0207. The summed E-state index contributed by atoms with van der Waals surface area (Å²) in [6.45, 7) is 0.742. The van der Waals surface area contributed by atoms with Gasteiger partial charge >= 0.3 is 0 Å². The smallest absolute Gasteiger partial charge is 0.252 e. The van der Waals surface area contributed by atoms with Crippen LogP contribution in [-0.2, 0) is 0 Å². The molecule has 0 unspecified atom stereocenters. The van der Waals surface area contributed by atoms with Gasteiger partial charge in [0.25, 0.3) is 5.91 Å². The first-order valence-electron chi connectivity index (χ1n) is 5.84. The number of hydrogen-bond acceptors (Lipinski definition) is 1. The van der Waals surface area contributed by atoms with E-state index < -0.39 is 0 Å². The molecule has 1 N–H and O–H groups in total. The summed E-state index contributed by atoms with van der Waals surface area (Å²) in [6.07, 6.45) is 4.35. The van der Waals surface area contributed by atoms with Crippen LogP contribution in [0.3, 0.4) is 0 Å². The van der Waals surface area contributed by atoms with Gasteiger partial charge in [-0.05, 0) is 47.6 Å². The molecular formula is C13H17ClINO. The molecule has 17 heavy (non-hydrogen) atoms. The van der Waals surface area contributed by atoms with Crippen LogP contribution >= 0.6 is 34.2 Å². The standard InChI is InChI=1S/C13H17ClINO/c14-9-5-1-2-6-10-16-13(17)11-7-3-4-8-12(11)15/h3-4,7-8H,1-2,5-6,9-10H2,(H,16,17). The van der Waals surface area contributed by atoms with E-state index in [4.69, 9.17) is 11.6 Å². The van der Waals surface area contributed by atoms with Gasteiger partial charge in [0.2, 0.25) is 0 Å². The lowest BCUT2D eigenvalue weighted by Gasteiger charge is -2.06. The summed E-state index contributed by atoms with van der Waals surface area (Å²) in [7, 11) is 0. The molecule has 0 radical (unpaired) electrons. The summed E-state index contributed by atoms with van der Waals surface area (Å²) in [4.78, 5) is 11.8. The van der Waals surface area contributed by atoms with Crippen molar-refractivity contribution in [1.29, 1.82) is 0 Å². The van der Waals surface area contributed by atoms with Gasteiger partial charge in [-0.2, -0.15) is 0 Å². The second kappa shape index (κ2) is 8.75. The van der Waals surface area contributed by atoms with Gasteiger partial charge in [0, 0.05) is 16.0 Å². The highest BCUT2D eigenvalue weighted by atomic mass is 127. The highest BCUT2D eigenvalue weighted by Crippen LogP contribution is 2.11. The van der Waals surface area contributed by atoms with Gasteiger partial charge in [0.05, 0.1) is 5.56 Å². The topological polar surface area (TPSA) is 29.1 Å². The van der Waals surface area contributed by atoms with Crippen LogP contribution in [-0.4, -0.2) is 18.3 Å². The number of halogens is 2. The number of carbonyl (C=O) groups is 1. The Balaban J connectivity index is 2.24. The van der Waals surface area contributed by atoms with Crippen molar-refractivity contribution in [2.75, 3.05) is 12.4 Å². The largest absolute Gasteiger partial charge is 0.352 e. The molecule has 1 aromatic rings. The van der Waals surface area contributed by atoms with E-state index in [1.54, 1.807) is 0 Å². The van der Waals surface area contributed by atoms with Gasteiger partial charge < -0.3 is 5.32 Å². The summed E-state index contributed by atoms with van der Waals surface area (Å²) < 4.78 is 0.991. The van der Waals surface area contributed by atoms with Gasteiger partial charge in [-0.25, -0.2) is 0 Å². The Kier molecular flexibility index (Phi) is 7.60. The van der Waals surface area contributed by atoms with Crippen molar-refractivity contribution in [3.8, 4) is 0 Å². The molecule has 0 fully saturated rings. The first kappa shape index (κ1) is 14.8. The summed E-state index contributed by atoms with van der Waals surface area (Å²) in [5.74, 6) is 0.751. The fraction of sp³-hybridized carbons (Fsp3) is 0.462. The Hall–Kier alpha value is -0.290. The van der Waals surface area contributed by atoms with Crippen LogP contribution < -0.4 is 5.32 Å². The fourth-order valence-electron chi connectivity index (χ4n) is 1.52. The van der Waals surface area contributed by atoms with Gasteiger partial charge in [0.1, 0.15) is 0 Å². The maximum absolute atomic E-state index is 11.8. The van der Waals surface area contributed by atoms with E-state index in [1.807, 2.05) is 24.3 Å². The molecule has 0 aliphatic heterocycles. The van der Waals surface area contributed by atoms with E-state index in [0.717, 1.165) is 47.2 Å². The van der Waals surface area contributed by atoms with Crippen LogP contribution in [0.5, 0.6) is 0 Å². The Bertz CT molecular complexity index is 357. The summed E-state index contributed by atoms with van der Waals surface area (Å²) in [6, 6.07) is 7.61. The molecular weight excluding hydrogens is 349 g/mol. The third-order valence-corrected chi connectivity index (χ3v) is 3.67. The van der Waals surface area contributed by atoms with Gasteiger partial charge in [-0.1, -0.05) is 25.0 Å². The van der Waals surface area contributed by atoms with Crippen LogP contribution in [0.15, 0.2) is 24.3 Å². The van der Waals surface area contributed by atoms with E-state index in [2.05, 4.69) is 27.9 Å². The number of amides is 1. The molecule has 0 saturated carbocycles. The highest BCUT2D eigenvalue weighted by molar-refractivity contribution is 14.1. The van der Waals surface area contributed by atoms with Crippen LogP contribution in [0.2, 0.25) is 0 Å². The molecule has 1 amide bonds. The Morgan fingerprint density at radius 2 is 1.88 bits per heavy atom. The third kappa shape index (κ3) is 5.73. The fourth-order valence-corrected chi connectivity index (χ4v) is 2.34. The van der Waals surface area contributed by atoms with Gasteiger partial charge in [0.15, 0.2) is 0 Å². The Labute approximate surface area is 121 Å². The maximum atomic E-state index is 11.8. The van der Waals surface area contributed by atoms with Crippen molar-refractivity contribution in [3.05, 3.63) is 33.4 Å². The summed E-state index contributed by atoms with van der Waals surface area (Å²) >= 11 is 7.77. The molecule has 4 heteroatoms. The molecule has 0 aromatic heterocycles. The van der Waals surface area contributed by atoms with Crippen molar-refractivity contribution in [3.63, 3.8) is 0 Å². The second-order valence-corrected chi connectivity index (χ2v) is 5.38. The molecule has 2 nitrogen and oxygen atoms in total. The van der Waals surface area contributed by atoms with E-state index in [0.29, 0.717) is 0 Å². The van der Waals surface area contributed by atoms with E-state index in [1.165, 1.54) is 0 Å². The number of carbonyl (C=O) groups excluding carboxylic acids is 1. The van der Waals surface area contributed by atoms with Crippen LogP contribution in [0.1, 0.15) is 36.0 Å². The number of nitrogens with one attached hydrogen (secondary N) is 1. The maximum Gasteiger partial charge on any atom is 0.252 e. The molecule has 1 rings (SSSR count). The number of unbranched alkanes of at least 4 members (excludes halogenated alkanes) is 3. The van der Waals surface area contributed by atoms with Crippen molar-refractivity contribution in [1.82, 2.24) is 5.32 Å². The van der Waals surface area contributed by atoms with Crippen LogP contribution in [0, 0.1) is 3.57 Å². The van der Waals surface area contributed by atoms with E-state index >= 15 is 0 Å². The van der Waals surface area contributed by atoms with E-state index in [-0.39, 0.29) is 5.91 Å². The quantitative estimate of drug-likeness (QED) is 0.444. The van der Waals surface area contributed by atoms with Gasteiger partial charge in [-0.3, -0.25) is 4.79 Å². The highest BCUT2D eigenvalue weighted by Gasteiger charge is 2.07. The zero-order chi connectivity index (χ0) is 12.5. The predicted molar refractivity (Wildman–Crippen MR) is 80.7 cm³/mol. The molecule has 94 valence electrons. The number of hydrogen-bond donors (Lipinski definition) is 1. The lowest BCUT2D eigenvalue weighted by molar-refractivity contribution is 0.0952. The number of rotatable bonds is 7. The second-order valence-electron chi connectivity index (χ2n) is 3.84. The average molecular weight is 366 g/mol. The number of alkyl halides is 1. The monoisotopic (exact) mass is 365 g/mol. The molecule has 1 aromatic carbocycles. The first-order chi connectivity index (χ1) is 8.25. The SMILES string of the molecule is O=C(NCCCCCCCl)c1ccccc1I. The van der Waals surface area contributed by atoms with Crippen molar-refractivity contribution in [2.24, 2.45) is 0 Å². The normalized spacial score (nSPS) is 10.2. The zero-order valence-corrected chi connectivity index (χ0v) is 12.6. The van der Waals surface area contributed by atoms with E-state index in [9.17, 15) is 4.79 Å². The van der Waals surface area contributed by atoms with Gasteiger partial charge in [-0.15, -0.1) is 11.6 Å². The summed E-state index contributed by atoms with van der Waals surface area (Å²) in [5.41, 5.74) is 0.758. The van der Waals surface area contributed by atoms with Crippen molar-refractivity contribution >= 4 is 40.1 Å². The predicted octanol–water partition coefficient (Wildman–Crippen LogP) is 3.82. The zero-order valence-electron chi connectivity index (χ0n) is 9.72. The van der Waals surface area contributed by atoms with Crippen LogP contribution in [0.4, 0.5) is 0 Å². The van der Waals surface area contributed by atoms with Crippen molar-refractivity contribution in [2.45, 2.75) is 25.7 Å². The minimum atomic E-state index is 0.0207. The summed E-state index contributed by atoms with van der Waals surface area (Å²) in [5, 5.41) is 2.94. The van der Waals surface area contributed by atoms with Crippen LogP contribution in [0.25, 0.3) is 0 Å². The molecule has 0 spiro atoms. The molecule has 0 atom stereocenters. The molecule has 0 saturated heterocycles. The molecule has 0 aliphatic rings. The average Bonchev–Trinajstić information content (AvgIpc) is 2.34. The molecule has 0 aliphatic carbocycles. The number of benzene rings is 1. The lowest BCUT2D eigenvalue weighted by Crippen LogP contribution is -2.25. The Morgan fingerprint density at radius 1 is 1.18 bits per heavy atom.